The van der Waals surface area contributed by atoms with Gasteiger partial charge in [-0.15, -0.1) is 0 Å². The summed E-state index contributed by atoms with van der Waals surface area (Å²) < 4.78 is 40.7. The van der Waals surface area contributed by atoms with Crippen LogP contribution in [-0.4, -0.2) is 23.3 Å². The lowest BCUT2D eigenvalue weighted by Crippen LogP contribution is -2.35. The molecule has 1 heterocycles. The lowest BCUT2D eigenvalue weighted by Gasteiger charge is -2.20. The van der Waals surface area contributed by atoms with E-state index in [-0.39, 0.29) is 18.8 Å². The van der Waals surface area contributed by atoms with Crippen molar-refractivity contribution in [1.29, 1.82) is 0 Å². The number of alkyl halides is 3. The Hall–Kier alpha value is -1.14. The van der Waals surface area contributed by atoms with Crippen LogP contribution in [0.2, 0.25) is 0 Å². The van der Waals surface area contributed by atoms with Gasteiger partial charge in [-0.25, -0.2) is 0 Å². The van der Waals surface area contributed by atoms with Gasteiger partial charge >= 0.3 is 6.18 Å². The number of pyridine rings is 1. The number of halogens is 3. The Morgan fingerprint density at radius 1 is 1.20 bits per heavy atom. The van der Waals surface area contributed by atoms with Crippen LogP contribution in [0.5, 0.6) is 0 Å². The molecule has 114 valence electrons. The fourth-order valence-electron chi connectivity index (χ4n) is 1.38. The molecule has 0 bridgehead atoms. The standard InChI is InChI=1S/C14H21F3N2O/c1-13(2,3)19-9-11-4-5-12(18-8-11)10-20-7-6-14(15,16)17/h4-5,8,19H,6-7,9-10H2,1-3H3. The van der Waals surface area contributed by atoms with E-state index < -0.39 is 12.6 Å². The molecule has 1 aromatic rings. The van der Waals surface area contributed by atoms with Gasteiger partial charge in [-0.1, -0.05) is 6.07 Å². The first kappa shape index (κ1) is 16.9. The van der Waals surface area contributed by atoms with Crippen LogP contribution in [0.3, 0.4) is 0 Å². The van der Waals surface area contributed by atoms with Crippen LogP contribution in [0, 0.1) is 0 Å². The zero-order valence-corrected chi connectivity index (χ0v) is 12.0. The minimum absolute atomic E-state index is 0.0272. The normalized spacial score (nSPS) is 12.7. The summed E-state index contributed by atoms with van der Waals surface area (Å²) in [6.07, 6.45) is -3.39. The number of aromatic nitrogens is 1. The first-order valence-electron chi connectivity index (χ1n) is 6.49. The van der Waals surface area contributed by atoms with Crippen LogP contribution in [0.4, 0.5) is 13.2 Å². The molecule has 0 aliphatic rings. The van der Waals surface area contributed by atoms with Crippen molar-refractivity contribution >= 4 is 0 Å². The third-order valence-electron chi connectivity index (χ3n) is 2.49. The Morgan fingerprint density at radius 2 is 1.90 bits per heavy atom. The van der Waals surface area contributed by atoms with E-state index in [9.17, 15) is 13.2 Å². The maximum Gasteiger partial charge on any atom is 0.391 e. The third kappa shape index (κ3) is 8.12. The number of rotatable bonds is 6. The Balaban J connectivity index is 2.32. The van der Waals surface area contributed by atoms with Gasteiger partial charge in [0.15, 0.2) is 0 Å². The molecule has 3 nitrogen and oxygen atoms in total. The van der Waals surface area contributed by atoms with Crippen LogP contribution in [0.15, 0.2) is 18.3 Å². The van der Waals surface area contributed by atoms with Gasteiger partial charge in [0.1, 0.15) is 0 Å². The van der Waals surface area contributed by atoms with E-state index >= 15 is 0 Å². The van der Waals surface area contributed by atoms with Crippen molar-refractivity contribution in [3.05, 3.63) is 29.6 Å². The fraction of sp³-hybridized carbons (Fsp3) is 0.643. The highest BCUT2D eigenvalue weighted by Crippen LogP contribution is 2.19. The van der Waals surface area contributed by atoms with Crippen LogP contribution < -0.4 is 5.32 Å². The highest BCUT2D eigenvalue weighted by atomic mass is 19.4. The summed E-state index contributed by atoms with van der Waals surface area (Å²) in [5.74, 6) is 0. The molecule has 20 heavy (non-hydrogen) atoms. The summed E-state index contributed by atoms with van der Waals surface area (Å²) in [5, 5.41) is 3.33. The second kappa shape index (κ2) is 7.04. The summed E-state index contributed by atoms with van der Waals surface area (Å²) in [6.45, 7) is 6.68. The molecule has 0 radical (unpaired) electrons. The predicted octanol–water partition coefficient (Wildman–Crippen LogP) is 3.44. The average Bonchev–Trinajstić information content (AvgIpc) is 2.31. The SMILES string of the molecule is CC(C)(C)NCc1ccc(COCCC(F)(F)F)nc1. The molecule has 1 rings (SSSR count). The van der Waals surface area contributed by atoms with Crippen LogP contribution in [0.1, 0.15) is 38.4 Å². The smallest absolute Gasteiger partial charge is 0.375 e. The first-order chi connectivity index (χ1) is 9.16. The monoisotopic (exact) mass is 290 g/mol. The summed E-state index contributed by atoms with van der Waals surface area (Å²) in [7, 11) is 0. The minimum atomic E-state index is -4.17. The summed E-state index contributed by atoms with van der Waals surface area (Å²) in [4.78, 5) is 4.17. The molecular weight excluding hydrogens is 269 g/mol. The zero-order valence-electron chi connectivity index (χ0n) is 12.0. The highest BCUT2D eigenvalue weighted by Gasteiger charge is 2.26. The van der Waals surface area contributed by atoms with Crippen molar-refractivity contribution in [3.8, 4) is 0 Å². The Morgan fingerprint density at radius 3 is 2.40 bits per heavy atom. The molecule has 0 spiro atoms. The van der Waals surface area contributed by atoms with E-state index in [0.29, 0.717) is 12.2 Å². The lowest BCUT2D eigenvalue weighted by molar-refractivity contribution is -0.146. The minimum Gasteiger partial charge on any atom is -0.375 e. The number of ether oxygens (including phenoxy) is 1. The van der Waals surface area contributed by atoms with Gasteiger partial charge in [0.25, 0.3) is 0 Å². The van der Waals surface area contributed by atoms with E-state index in [0.717, 1.165) is 5.56 Å². The Kier molecular flexibility index (Phi) is 5.95. The van der Waals surface area contributed by atoms with E-state index in [1.165, 1.54) is 0 Å². The molecule has 6 heteroatoms. The molecule has 0 atom stereocenters. The van der Waals surface area contributed by atoms with Crippen molar-refractivity contribution in [3.63, 3.8) is 0 Å². The largest absolute Gasteiger partial charge is 0.391 e. The lowest BCUT2D eigenvalue weighted by atomic mass is 10.1. The number of hydrogen-bond donors (Lipinski definition) is 1. The molecule has 0 fully saturated rings. The molecule has 0 saturated carbocycles. The van der Waals surface area contributed by atoms with E-state index in [2.05, 4.69) is 31.1 Å². The van der Waals surface area contributed by atoms with Crippen molar-refractivity contribution in [2.75, 3.05) is 6.61 Å². The molecule has 0 aliphatic heterocycles. The fourth-order valence-corrected chi connectivity index (χ4v) is 1.38. The maximum atomic E-state index is 11.9. The summed E-state index contributed by atoms with van der Waals surface area (Å²) in [6, 6.07) is 3.67. The summed E-state index contributed by atoms with van der Waals surface area (Å²) in [5.41, 5.74) is 1.69. The molecule has 0 aromatic carbocycles. The molecule has 0 amide bonds. The van der Waals surface area contributed by atoms with Crippen LogP contribution in [-0.2, 0) is 17.9 Å². The van der Waals surface area contributed by atoms with Gasteiger partial charge < -0.3 is 10.1 Å². The number of nitrogens with zero attached hydrogens (tertiary/aromatic N) is 1. The molecule has 0 unspecified atom stereocenters. The molecular formula is C14H21F3N2O. The maximum absolute atomic E-state index is 11.9. The Bertz CT molecular complexity index is 396. The van der Waals surface area contributed by atoms with Crippen molar-refractivity contribution in [2.45, 2.75) is 52.1 Å². The molecule has 1 aromatic heterocycles. The topological polar surface area (TPSA) is 34.1 Å². The van der Waals surface area contributed by atoms with Crippen LogP contribution >= 0.6 is 0 Å². The van der Waals surface area contributed by atoms with E-state index in [1.54, 1.807) is 12.3 Å². The Labute approximate surface area is 117 Å². The third-order valence-corrected chi connectivity index (χ3v) is 2.49. The van der Waals surface area contributed by atoms with E-state index in [4.69, 9.17) is 4.74 Å². The van der Waals surface area contributed by atoms with Crippen molar-refractivity contribution in [2.24, 2.45) is 0 Å². The second-order valence-corrected chi connectivity index (χ2v) is 5.68. The van der Waals surface area contributed by atoms with Crippen molar-refractivity contribution < 1.29 is 17.9 Å². The first-order valence-corrected chi connectivity index (χ1v) is 6.49. The molecule has 0 aliphatic carbocycles. The average molecular weight is 290 g/mol. The van der Waals surface area contributed by atoms with Gasteiger partial charge in [0.05, 0.1) is 25.3 Å². The molecule has 1 N–H and O–H groups in total. The van der Waals surface area contributed by atoms with Gasteiger partial charge in [-0.3, -0.25) is 4.98 Å². The molecule has 0 saturated heterocycles. The quantitative estimate of drug-likeness (QED) is 0.815. The number of hydrogen-bond acceptors (Lipinski definition) is 3. The zero-order chi connectivity index (χ0) is 15.2. The van der Waals surface area contributed by atoms with Gasteiger partial charge in [0, 0.05) is 18.3 Å². The van der Waals surface area contributed by atoms with Crippen LogP contribution in [0.25, 0.3) is 0 Å². The number of nitrogens with one attached hydrogen (secondary N) is 1. The van der Waals surface area contributed by atoms with Gasteiger partial charge in [-0.05, 0) is 32.4 Å². The van der Waals surface area contributed by atoms with Crippen molar-refractivity contribution in [1.82, 2.24) is 10.3 Å². The predicted molar refractivity (Wildman–Crippen MR) is 71.2 cm³/mol. The van der Waals surface area contributed by atoms with Gasteiger partial charge in [0.2, 0.25) is 0 Å². The highest BCUT2D eigenvalue weighted by molar-refractivity contribution is 5.13. The van der Waals surface area contributed by atoms with E-state index in [1.807, 2.05) is 6.07 Å². The summed E-state index contributed by atoms with van der Waals surface area (Å²) >= 11 is 0. The van der Waals surface area contributed by atoms with Gasteiger partial charge in [-0.2, -0.15) is 13.2 Å². The second-order valence-electron chi connectivity index (χ2n) is 5.68.